The maximum atomic E-state index is 2.20. The fourth-order valence-electron chi connectivity index (χ4n) is 0.500. The first-order valence-electron chi connectivity index (χ1n) is 2.56. The zero-order valence-electron chi connectivity index (χ0n) is 5.91. The summed E-state index contributed by atoms with van der Waals surface area (Å²) in [5.41, 5.74) is 0. The van der Waals surface area contributed by atoms with Gasteiger partial charge in [-0.2, -0.15) is 20.3 Å². The molecule has 0 aromatic rings. The topological polar surface area (TPSA) is 0 Å². The number of hydrogen-bond donors (Lipinski definition) is 0. The van der Waals surface area contributed by atoms with Crippen LogP contribution >= 0.6 is 0 Å². The quantitative estimate of drug-likeness (QED) is 0.327. The van der Waals surface area contributed by atoms with Crippen LogP contribution in [0.2, 0.25) is 0 Å². The van der Waals surface area contributed by atoms with E-state index in [1.165, 1.54) is 18.8 Å². The molecular formula is C6H13Na. The Morgan fingerprint density at radius 2 is 1.71 bits per heavy atom. The molecule has 0 aliphatic heterocycles. The predicted octanol–water partition coefficient (Wildman–Crippen LogP) is -0.595. The Bertz CT molecular complexity index is 25.4. The average Bonchev–Trinajstić information content (AvgIpc) is 1.35. The molecule has 0 aromatic heterocycles. The average molecular weight is 108 g/mol. The third-order valence-corrected chi connectivity index (χ3v) is 0.750. The third-order valence-electron chi connectivity index (χ3n) is 0.750. The number of hydrogen-bond acceptors (Lipinski definition) is 0. The minimum atomic E-state index is 0. The Hall–Kier alpha value is 1.00. The molecule has 0 rings (SSSR count). The van der Waals surface area contributed by atoms with E-state index >= 15 is 0 Å². The third kappa shape index (κ3) is 10.9. The Labute approximate surface area is 69.0 Å². The fraction of sp³-hybridized carbons (Fsp3) is 0.833. The van der Waals surface area contributed by atoms with Crippen LogP contribution in [0.25, 0.3) is 0 Å². The second-order valence-corrected chi connectivity index (χ2v) is 1.96. The van der Waals surface area contributed by atoms with Crippen LogP contribution in [-0.4, -0.2) is 0 Å². The van der Waals surface area contributed by atoms with E-state index in [4.69, 9.17) is 0 Å². The van der Waals surface area contributed by atoms with E-state index in [1.54, 1.807) is 0 Å². The van der Waals surface area contributed by atoms with Gasteiger partial charge in [0, 0.05) is 0 Å². The Kier molecular flexibility index (Phi) is 10.9. The SMILES string of the molecule is CCC[C-](C)C.[Na+]. The fourth-order valence-corrected chi connectivity index (χ4v) is 0.500. The summed E-state index contributed by atoms with van der Waals surface area (Å²) in [5.74, 6) is 1.54. The van der Waals surface area contributed by atoms with Crippen molar-refractivity contribution < 1.29 is 29.6 Å². The van der Waals surface area contributed by atoms with Crippen LogP contribution in [-0.2, 0) is 0 Å². The van der Waals surface area contributed by atoms with Gasteiger partial charge in [0.15, 0.2) is 0 Å². The van der Waals surface area contributed by atoms with Crippen molar-refractivity contribution in [1.82, 2.24) is 0 Å². The van der Waals surface area contributed by atoms with Gasteiger partial charge in [-0.3, -0.25) is 0 Å². The maximum absolute atomic E-state index is 2.20. The van der Waals surface area contributed by atoms with E-state index in [0.29, 0.717) is 0 Å². The molecule has 0 amide bonds. The van der Waals surface area contributed by atoms with Gasteiger partial charge in [0.1, 0.15) is 0 Å². The van der Waals surface area contributed by atoms with Crippen molar-refractivity contribution in [3.8, 4) is 0 Å². The van der Waals surface area contributed by atoms with Gasteiger partial charge in [0.2, 0.25) is 0 Å². The maximum Gasteiger partial charge on any atom is 1.00 e. The van der Waals surface area contributed by atoms with Crippen molar-refractivity contribution in [1.29, 1.82) is 0 Å². The van der Waals surface area contributed by atoms with Gasteiger partial charge in [-0.1, -0.05) is 13.3 Å². The monoisotopic (exact) mass is 108 g/mol. The second-order valence-electron chi connectivity index (χ2n) is 1.96. The first kappa shape index (κ1) is 10.9. The van der Waals surface area contributed by atoms with Gasteiger partial charge in [-0.25, -0.2) is 0 Å². The number of rotatable bonds is 2. The van der Waals surface area contributed by atoms with Gasteiger partial charge in [0.25, 0.3) is 0 Å². The van der Waals surface area contributed by atoms with Crippen LogP contribution in [0, 0.1) is 5.92 Å². The van der Waals surface area contributed by atoms with Crippen LogP contribution < -0.4 is 29.6 Å². The van der Waals surface area contributed by atoms with Gasteiger partial charge in [-0.05, 0) is 0 Å². The molecule has 7 heavy (non-hydrogen) atoms. The van der Waals surface area contributed by atoms with E-state index in [-0.39, 0.29) is 29.6 Å². The summed E-state index contributed by atoms with van der Waals surface area (Å²) in [4.78, 5) is 0. The standard InChI is InChI=1S/C6H13.Na/c1-4-5-6(2)3;/h4-5H2,1-3H3;/q-1;+1. The normalized spacial score (nSPS) is 8.57. The summed E-state index contributed by atoms with van der Waals surface area (Å²) in [7, 11) is 0. The van der Waals surface area contributed by atoms with Crippen molar-refractivity contribution in [3.63, 3.8) is 0 Å². The first-order valence-corrected chi connectivity index (χ1v) is 2.56. The van der Waals surface area contributed by atoms with Crippen molar-refractivity contribution in [2.45, 2.75) is 33.6 Å². The summed E-state index contributed by atoms with van der Waals surface area (Å²) < 4.78 is 0. The van der Waals surface area contributed by atoms with E-state index in [1.807, 2.05) is 0 Å². The minimum absolute atomic E-state index is 0. The minimum Gasteiger partial charge on any atom is -0.320 e. The van der Waals surface area contributed by atoms with Gasteiger partial charge in [-0.15, -0.1) is 0 Å². The largest absolute Gasteiger partial charge is 1.00 e. The Morgan fingerprint density at radius 1 is 1.29 bits per heavy atom. The zero-order valence-corrected chi connectivity index (χ0v) is 7.91. The Balaban J connectivity index is 0. The second kappa shape index (κ2) is 7.00. The molecule has 38 valence electrons. The van der Waals surface area contributed by atoms with Crippen molar-refractivity contribution in [2.24, 2.45) is 0 Å². The molecule has 0 nitrogen and oxygen atoms in total. The molecule has 0 bridgehead atoms. The predicted molar refractivity (Wildman–Crippen MR) is 29.5 cm³/mol. The van der Waals surface area contributed by atoms with Crippen LogP contribution in [0.4, 0.5) is 0 Å². The summed E-state index contributed by atoms with van der Waals surface area (Å²) in [6.45, 7) is 6.54. The smallest absolute Gasteiger partial charge is 0.320 e. The van der Waals surface area contributed by atoms with Crippen LogP contribution in [0.3, 0.4) is 0 Å². The van der Waals surface area contributed by atoms with Gasteiger partial charge in [0.05, 0.1) is 0 Å². The van der Waals surface area contributed by atoms with Gasteiger partial charge < -0.3 is 5.92 Å². The summed E-state index contributed by atoms with van der Waals surface area (Å²) in [6.07, 6.45) is 2.59. The molecule has 1 heteroatoms. The van der Waals surface area contributed by atoms with Crippen molar-refractivity contribution >= 4 is 0 Å². The molecule has 0 N–H and O–H groups in total. The van der Waals surface area contributed by atoms with E-state index < -0.39 is 0 Å². The molecule has 0 heterocycles. The summed E-state index contributed by atoms with van der Waals surface area (Å²) in [6, 6.07) is 0. The van der Waals surface area contributed by atoms with Crippen molar-refractivity contribution in [3.05, 3.63) is 5.92 Å². The molecule has 0 atom stereocenters. The van der Waals surface area contributed by atoms with Crippen LogP contribution in [0.5, 0.6) is 0 Å². The zero-order chi connectivity index (χ0) is 4.99. The molecule has 0 spiro atoms. The van der Waals surface area contributed by atoms with Crippen molar-refractivity contribution in [2.75, 3.05) is 0 Å². The Morgan fingerprint density at radius 3 is 1.71 bits per heavy atom. The van der Waals surface area contributed by atoms with Gasteiger partial charge >= 0.3 is 29.6 Å². The molecule has 0 fully saturated rings. The van der Waals surface area contributed by atoms with E-state index in [9.17, 15) is 0 Å². The van der Waals surface area contributed by atoms with Crippen LogP contribution in [0.15, 0.2) is 0 Å². The molecule has 0 saturated carbocycles. The first-order chi connectivity index (χ1) is 2.77. The van der Waals surface area contributed by atoms with Crippen LogP contribution in [0.1, 0.15) is 33.6 Å². The molecular weight excluding hydrogens is 95.1 g/mol. The molecule has 0 saturated heterocycles. The molecule has 0 aromatic carbocycles. The van der Waals surface area contributed by atoms with E-state index in [2.05, 4.69) is 20.8 Å². The molecule has 0 aliphatic rings. The summed E-state index contributed by atoms with van der Waals surface area (Å²) in [5, 5.41) is 0. The summed E-state index contributed by atoms with van der Waals surface area (Å²) >= 11 is 0. The van der Waals surface area contributed by atoms with E-state index in [0.717, 1.165) is 0 Å². The molecule has 0 aliphatic carbocycles. The molecule has 0 radical (unpaired) electrons. The molecule has 0 unspecified atom stereocenters.